The molecular weight excluding hydrogens is 282 g/mol. The Morgan fingerprint density at radius 2 is 2.10 bits per heavy atom. The van der Waals surface area contributed by atoms with Gasteiger partial charge >= 0.3 is 0 Å². The molecule has 6 nitrogen and oxygen atoms in total. The molecule has 1 heterocycles. The van der Waals surface area contributed by atoms with Crippen LogP contribution in [0.5, 0.6) is 0 Å². The van der Waals surface area contributed by atoms with Crippen molar-refractivity contribution in [3.63, 3.8) is 0 Å². The van der Waals surface area contributed by atoms with Crippen molar-refractivity contribution in [2.45, 2.75) is 6.04 Å². The van der Waals surface area contributed by atoms with Crippen molar-refractivity contribution < 1.29 is 13.7 Å². The Hall–Kier alpha value is -1.80. The fraction of sp³-hybridized carbons (Fsp3) is 0.538. The Balaban J connectivity index is 2.15. The molecule has 21 heavy (non-hydrogen) atoms. The van der Waals surface area contributed by atoms with Crippen molar-refractivity contribution >= 4 is 11.4 Å². The second-order valence-corrected chi connectivity index (χ2v) is 5.29. The van der Waals surface area contributed by atoms with Gasteiger partial charge in [-0.1, -0.05) is 0 Å². The molecule has 1 saturated heterocycles. The fourth-order valence-corrected chi connectivity index (χ4v) is 2.40. The topological polar surface area (TPSA) is 61.6 Å². The second kappa shape index (κ2) is 6.31. The molecule has 0 aromatic heterocycles. The smallest absolute Gasteiger partial charge is 0.295 e. The first kappa shape index (κ1) is 15.6. The van der Waals surface area contributed by atoms with Gasteiger partial charge in [0.25, 0.3) is 5.69 Å². The Morgan fingerprint density at radius 1 is 1.38 bits per heavy atom. The van der Waals surface area contributed by atoms with Crippen molar-refractivity contribution in [2.24, 2.45) is 0 Å². The highest BCUT2D eigenvalue weighted by atomic mass is 19.2. The predicted octanol–water partition coefficient (Wildman–Crippen LogP) is 1.53. The Bertz CT molecular complexity index is 541. The summed E-state index contributed by atoms with van der Waals surface area (Å²) in [6.45, 7) is 2.86. The number of hydrogen-bond donors (Lipinski definition) is 1. The quantitative estimate of drug-likeness (QED) is 0.675. The third-order valence-corrected chi connectivity index (χ3v) is 3.76. The van der Waals surface area contributed by atoms with Gasteiger partial charge < -0.3 is 10.2 Å². The van der Waals surface area contributed by atoms with Crippen LogP contribution >= 0.6 is 0 Å². The van der Waals surface area contributed by atoms with Crippen molar-refractivity contribution in [3.8, 4) is 0 Å². The maximum atomic E-state index is 13.8. The number of likely N-dealkylation sites (N-methyl/N-ethyl adjacent to an activating group) is 2. The van der Waals surface area contributed by atoms with E-state index in [9.17, 15) is 18.9 Å². The third kappa shape index (κ3) is 3.45. The van der Waals surface area contributed by atoms with Crippen LogP contribution in [0.2, 0.25) is 0 Å². The number of hydrogen-bond acceptors (Lipinski definition) is 5. The lowest BCUT2D eigenvalue weighted by Crippen LogP contribution is -2.52. The first-order valence-corrected chi connectivity index (χ1v) is 6.65. The molecule has 1 unspecified atom stereocenters. The van der Waals surface area contributed by atoms with Gasteiger partial charge in [-0.25, -0.2) is 8.78 Å². The Labute approximate surface area is 121 Å². The van der Waals surface area contributed by atoms with E-state index in [2.05, 4.69) is 15.1 Å². The highest BCUT2D eigenvalue weighted by Crippen LogP contribution is 2.29. The molecule has 116 valence electrons. The predicted molar refractivity (Wildman–Crippen MR) is 75.4 cm³/mol. The van der Waals surface area contributed by atoms with Crippen molar-refractivity contribution in [1.29, 1.82) is 0 Å². The molecular formula is C13H18F2N4O2. The van der Waals surface area contributed by atoms with Crippen molar-refractivity contribution in [1.82, 2.24) is 9.80 Å². The minimum atomic E-state index is -1.21. The van der Waals surface area contributed by atoms with E-state index in [1.807, 2.05) is 14.1 Å². The molecule has 1 aromatic carbocycles. The number of nitro groups is 1. The molecule has 8 heteroatoms. The molecule has 1 fully saturated rings. The summed E-state index contributed by atoms with van der Waals surface area (Å²) in [6, 6.07) is 1.81. The summed E-state index contributed by atoms with van der Waals surface area (Å²) >= 11 is 0. The van der Waals surface area contributed by atoms with Crippen LogP contribution in [0.15, 0.2) is 12.1 Å². The van der Waals surface area contributed by atoms with E-state index in [1.165, 1.54) is 0 Å². The van der Waals surface area contributed by atoms with E-state index >= 15 is 0 Å². The van der Waals surface area contributed by atoms with E-state index in [4.69, 9.17) is 0 Å². The molecule has 0 spiro atoms. The number of benzene rings is 1. The van der Waals surface area contributed by atoms with Crippen LogP contribution in [-0.4, -0.2) is 61.0 Å². The summed E-state index contributed by atoms with van der Waals surface area (Å²) in [4.78, 5) is 14.4. The molecule has 0 aliphatic carbocycles. The average Bonchev–Trinajstić information content (AvgIpc) is 2.43. The number of halogens is 2. The van der Waals surface area contributed by atoms with Gasteiger partial charge in [-0.3, -0.25) is 15.0 Å². The van der Waals surface area contributed by atoms with Gasteiger partial charge in [-0.05, 0) is 20.2 Å². The molecule has 1 N–H and O–H groups in total. The van der Waals surface area contributed by atoms with Crippen LogP contribution in [0.4, 0.5) is 20.2 Å². The standard InChI is InChI=1S/C13H18F2N4O2/c1-17-5-6-18(2)9(8-17)7-16-13-11(19(20)21)4-3-10(14)12(13)15/h3-4,9,16H,5-8H2,1-2H3. The highest BCUT2D eigenvalue weighted by Gasteiger charge is 2.25. The zero-order valence-electron chi connectivity index (χ0n) is 12.0. The number of anilines is 1. The molecule has 2 rings (SSSR count). The highest BCUT2D eigenvalue weighted by molar-refractivity contribution is 5.62. The minimum Gasteiger partial charge on any atom is -0.375 e. The zero-order chi connectivity index (χ0) is 15.6. The van der Waals surface area contributed by atoms with Gasteiger partial charge in [0.1, 0.15) is 0 Å². The van der Waals surface area contributed by atoms with Gasteiger partial charge in [0.2, 0.25) is 0 Å². The molecule has 1 aliphatic heterocycles. The first-order chi connectivity index (χ1) is 9.90. The molecule has 0 bridgehead atoms. The summed E-state index contributed by atoms with van der Waals surface area (Å²) in [6.07, 6.45) is 0. The molecule has 0 saturated carbocycles. The van der Waals surface area contributed by atoms with E-state index < -0.39 is 22.2 Å². The molecule has 1 aromatic rings. The minimum absolute atomic E-state index is 0.0750. The molecule has 1 aliphatic rings. The van der Waals surface area contributed by atoms with Crippen LogP contribution in [0.3, 0.4) is 0 Å². The molecule has 0 amide bonds. The summed E-state index contributed by atoms with van der Waals surface area (Å²) in [5.74, 6) is -2.31. The maximum Gasteiger partial charge on any atom is 0.295 e. The number of nitrogens with one attached hydrogen (secondary N) is 1. The Kier molecular flexibility index (Phi) is 4.69. The average molecular weight is 300 g/mol. The summed E-state index contributed by atoms with van der Waals surface area (Å²) in [7, 11) is 3.92. The monoisotopic (exact) mass is 300 g/mol. The van der Waals surface area contributed by atoms with E-state index in [-0.39, 0.29) is 11.7 Å². The van der Waals surface area contributed by atoms with E-state index in [1.54, 1.807) is 0 Å². The summed E-state index contributed by atoms with van der Waals surface area (Å²) in [5, 5.41) is 13.6. The van der Waals surface area contributed by atoms with Gasteiger partial charge in [-0.2, -0.15) is 0 Å². The lowest BCUT2D eigenvalue weighted by Gasteiger charge is -2.37. The normalized spacial score (nSPS) is 20.5. The molecule has 1 atom stereocenters. The number of rotatable bonds is 4. The lowest BCUT2D eigenvalue weighted by atomic mass is 10.1. The van der Waals surface area contributed by atoms with Gasteiger partial charge in [0.05, 0.1) is 4.92 Å². The molecule has 0 radical (unpaired) electrons. The summed E-state index contributed by atoms with van der Waals surface area (Å²) < 4.78 is 27.1. The van der Waals surface area contributed by atoms with Crippen molar-refractivity contribution in [3.05, 3.63) is 33.9 Å². The van der Waals surface area contributed by atoms with Gasteiger partial charge in [0, 0.05) is 38.3 Å². The maximum absolute atomic E-state index is 13.8. The summed E-state index contributed by atoms with van der Waals surface area (Å²) in [5.41, 5.74) is -0.845. The number of nitrogens with zero attached hydrogens (tertiary/aromatic N) is 3. The largest absolute Gasteiger partial charge is 0.375 e. The van der Waals surface area contributed by atoms with E-state index in [0.717, 1.165) is 31.8 Å². The van der Waals surface area contributed by atoms with Crippen LogP contribution in [0.1, 0.15) is 0 Å². The second-order valence-electron chi connectivity index (χ2n) is 5.29. The number of piperazine rings is 1. The van der Waals surface area contributed by atoms with E-state index in [0.29, 0.717) is 6.54 Å². The van der Waals surface area contributed by atoms with Crippen LogP contribution in [-0.2, 0) is 0 Å². The fourth-order valence-electron chi connectivity index (χ4n) is 2.40. The van der Waals surface area contributed by atoms with Crippen LogP contribution in [0, 0.1) is 21.7 Å². The van der Waals surface area contributed by atoms with Crippen molar-refractivity contribution in [2.75, 3.05) is 45.6 Å². The zero-order valence-corrected chi connectivity index (χ0v) is 12.0. The lowest BCUT2D eigenvalue weighted by molar-refractivity contribution is -0.384. The van der Waals surface area contributed by atoms with Crippen LogP contribution < -0.4 is 5.32 Å². The number of nitro benzene ring substituents is 1. The van der Waals surface area contributed by atoms with Gasteiger partial charge in [0.15, 0.2) is 17.3 Å². The Morgan fingerprint density at radius 3 is 2.76 bits per heavy atom. The van der Waals surface area contributed by atoms with Crippen LogP contribution in [0.25, 0.3) is 0 Å². The third-order valence-electron chi connectivity index (χ3n) is 3.76. The van der Waals surface area contributed by atoms with Gasteiger partial charge in [-0.15, -0.1) is 0 Å². The first-order valence-electron chi connectivity index (χ1n) is 6.65. The SMILES string of the molecule is CN1CCN(C)C(CNc2c([N+](=O)[O-])ccc(F)c2F)C1.